The van der Waals surface area contributed by atoms with E-state index in [2.05, 4.69) is 10.3 Å². The summed E-state index contributed by atoms with van der Waals surface area (Å²) in [7, 11) is 0. The lowest BCUT2D eigenvalue weighted by atomic mass is 10.1. The average molecular weight is 300 g/mol. The normalized spacial score (nSPS) is 10.9. The molecule has 3 rings (SSSR count). The third-order valence-electron chi connectivity index (χ3n) is 3.43. The first kappa shape index (κ1) is 14.3. The Labute approximate surface area is 126 Å². The Balaban J connectivity index is 1.79. The molecule has 112 valence electrons. The van der Waals surface area contributed by atoms with E-state index >= 15 is 0 Å². The molecule has 0 saturated heterocycles. The van der Waals surface area contributed by atoms with Gasteiger partial charge < -0.3 is 10.3 Å². The van der Waals surface area contributed by atoms with Crippen LogP contribution >= 0.6 is 0 Å². The molecule has 0 aliphatic carbocycles. The van der Waals surface area contributed by atoms with Gasteiger partial charge in [0.25, 0.3) is 5.91 Å². The number of fused-ring (bicyclic) bond motifs is 1. The van der Waals surface area contributed by atoms with Crippen LogP contribution in [0.15, 0.2) is 42.5 Å². The number of benzene rings is 2. The van der Waals surface area contributed by atoms with Crippen molar-refractivity contribution in [2.24, 2.45) is 0 Å². The number of amides is 1. The van der Waals surface area contributed by atoms with Crippen molar-refractivity contribution in [3.05, 3.63) is 70.9 Å². The molecule has 0 bridgehead atoms. The Morgan fingerprint density at radius 3 is 2.77 bits per heavy atom. The number of rotatable bonds is 3. The second-order valence-electron chi connectivity index (χ2n) is 5.20. The maximum Gasteiger partial charge on any atom is 0.267 e. The predicted octanol–water partition coefficient (Wildman–Crippen LogP) is 3.68. The third kappa shape index (κ3) is 2.83. The number of aromatic nitrogens is 1. The van der Waals surface area contributed by atoms with Gasteiger partial charge in [-0.05, 0) is 24.6 Å². The van der Waals surface area contributed by atoms with Crippen molar-refractivity contribution in [1.82, 2.24) is 10.3 Å². The van der Waals surface area contributed by atoms with Gasteiger partial charge in [0.2, 0.25) is 0 Å². The quantitative estimate of drug-likeness (QED) is 0.761. The van der Waals surface area contributed by atoms with Crippen LogP contribution in [0.2, 0.25) is 0 Å². The Morgan fingerprint density at radius 1 is 1.18 bits per heavy atom. The predicted molar refractivity (Wildman–Crippen MR) is 80.6 cm³/mol. The van der Waals surface area contributed by atoms with Crippen LogP contribution in [0.5, 0.6) is 0 Å². The van der Waals surface area contributed by atoms with Gasteiger partial charge in [0.1, 0.15) is 17.3 Å². The highest BCUT2D eigenvalue weighted by molar-refractivity contribution is 5.98. The third-order valence-corrected chi connectivity index (χ3v) is 3.43. The van der Waals surface area contributed by atoms with E-state index in [1.54, 1.807) is 0 Å². The number of hydrogen-bond acceptors (Lipinski definition) is 1. The van der Waals surface area contributed by atoms with Gasteiger partial charge in [0.15, 0.2) is 0 Å². The summed E-state index contributed by atoms with van der Waals surface area (Å²) in [6.45, 7) is 2.34. The number of nitrogens with one attached hydrogen (secondary N) is 2. The Hall–Kier alpha value is -2.69. The highest BCUT2D eigenvalue weighted by Crippen LogP contribution is 2.20. The molecule has 0 radical (unpaired) electrons. The standard InChI is InChI=1S/C17H14F2N2O/c1-10-3-2-4-11(5-10)9-20-17(22)16-8-13-14(19)6-12(18)7-15(13)21-16/h2-8,21H,9H2,1H3,(H,20,22). The van der Waals surface area contributed by atoms with Crippen LogP contribution in [0.4, 0.5) is 8.78 Å². The van der Waals surface area contributed by atoms with Gasteiger partial charge in [-0.1, -0.05) is 29.8 Å². The fourth-order valence-corrected chi connectivity index (χ4v) is 2.38. The molecule has 0 aliphatic rings. The van der Waals surface area contributed by atoms with E-state index in [1.165, 1.54) is 6.07 Å². The lowest BCUT2D eigenvalue weighted by molar-refractivity contribution is 0.0946. The fraction of sp³-hybridized carbons (Fsp3) is 0.118. The van der Waals surface area contributed by atoms with E-state index in [0.29, 0.717) is 6.54 Å². The lowest BCUT2D eigenvalue weighted by Crippen LogP contribution is -2.23. The molecule has 1 heterocycles. The molecule has 22 heavy (non-hydrogen) atoms. The molecule has 3 aromatic rings. The second-order valence-corrected chi connectivity index (χ2v) is 5.20. The second kappa shape index (κ2) is 5.60. The maximum absolute atomic E-state index is 13.6. The SMILES string of the molecule is Cc1cccc(CNC(=O)c2cc3c(F)cc(F)cc3[nH]2)c1. The highest BCUT2D eigenvalue weighted by Gasteiger charge is 2.13. The van der Waals surface area contributed by atoms with Gasteiger partial charge in [-0.3, -0.25) is 4.79 Å². The van der Waals surface area contributed by atoms with E-state index in [0.717, 1.165) is 23.3 Å². The highest BCUT2D eigenvalue weighted by atomic mass is 19.1. The summed E-state index contributed by atoms with van der Waals surface area (Å²) in [6, 6.07) is 11.1. The fourth-order valence-electron chi connectivity index (χ4n) is 2.38. The first-order valence-electron chi connectivity index (χ1n) is 6.84. The van der Waals surface area contributed by atoms with Gasteiger partial charge in [-0.2, -0.15) is 0 Å². The summed E-state index contributed by atoms with van der Waals surface area (Å²) < 4.78 is 26.8. The van der Waals surface area contributed by atoms with Crippen molar-refractivity contribution in [2.75, 3.05) is 0 Å². The molecular weight excluding hydrogens is 286 g/mol. The summed E-state index contributed by atoms with van der Waals surface area (Å²) in [4.78, 5) is 14.8. The van der Waals surface area contributed by atoms with Crippen LogP contribution in [0.25, 0.3) is 10.9 Å². The zero-order valence-electron chi connectivity index (χ0n) is 11.9. The number of carbonyl (C=O) groups excluding carboxylic acids is 1. The Kier molecular flexibility index (Phi) is 3.63. The minimum absolute atomic E-state index is 0.196. The maximum atomic E-state index is 13.6. The smallest absolute Gasteiger partial charge is 0.267 e. The summed E-state index contributed by atoms with van der Waals surface area (Å²) >= 11 is 0. The summed E-state index contributed by atoms with van der Waals surface area (Å²) in [5.41, 5.74) is 2.54. The molecule has 0 spiro atoms. The van der Waals surface area contributed by atoms with E-state index in [-0.39, 0.29) is 22.5 Å². The summed E-state index contributed by atoms with van der Waals surface area (Å²) in [6.07, 6.45) is 0. The first-order chi connectivity index (χ1) is 10.5. The van der Waals surface area contributed by atoms with Crippen LogP contribution in [0, 0.1) is 18.6 Å². The van der Waals surface area contributed by atoms with Gasteiger partial charge in [-0.15, -0.1) is 0 Å². The van der Waals surface area contributed by atoms with Crippen LogP contribution in [-0.4, -0.2) is 10.9 Å². The minimum Gasteiger partial charge on any atom is -0.350 e. The zero-order chi connectivity index (χ0) is 15.7. The molecule has 0 unspecified atom stereocenters. The molecule has 2 aromatic carbocycles. The van der Waals surface area contributed by atoms with Crippen LogP contribution in [0.1, 0.15) is 21.6 Å². The molecule has 0 aliphatic heterocycles. The van der Waals surface area contributed by atoms with E-state index in [4.69, 9.17) is 0 Å². The molecule has 0 fully saturated rings. The number of aryl methyl sites for hydroxylation is 1. The number of halogens is 2. The van der Waals surface area contributed by atoms with Crippen molar-refractivity contribution in [2.45, 2.75) is 13.5 Å². The zero-order valence-corrected chi connectivity index (χ0v) is 11.9. The van der Waals surface area contributed by atoms with Gasteiger partial charge in [0.05, 0.1) is 5.52 Å². The average Bonchev–Trinajstić information content (AvgIpc) is 2.89. The molecule has 0 saturated carbocycles. The molecule has 1 amide bonds. The Bertz CT molecular complexity index is 855. The first-order valence-corrected chi connectivity index (χ1v) is 6.84. The molecule has 5 heteroatoms. The molecule has 2 N–H and O–H groups in total. The largest absolute Gasteiger partial charge is 0.350 e. The summed E-state index contributed by atoms with van der Waals surface area (Å²) in [5, 5.41) is 2.95. The minimum atomic E-state index is -0.691. The van der Waals surface area contributed by atoms with E-state index < -0.39 is 11.6 Å². The van der Waals surface area contributed by atoms with E-state index in [9.17, 15) is 13.6 Å². The van der Waals surface area contributed by atoms with Gasteiger partial charge in [0, 0.05) is 18.0 Å². The van der Waals surface area contributed by atoms with Gasteiger partial charge in [-0.25, -0.2) is 8.78 Å². The van der Waals surface area contributed by atoms with Crippen molar-refractivity contribution >= 4 is 16.8 Å². The molecule has 1 aromatic heterocycles. The van der Waals surface area contributed by atoms with E-state index in [1.807, 2.05) is 31.2 Å². The lowest BCUT2D eigenvalue weighted by Gasteiger charge is -2.04. The molecule has 0 atom stereocenters. The van der Waals surface area contributed by atoms with Crippen molar-refractivity contribution in [1.29, 1.82) is 0 Å². The Morgan fingerprint density at radius 2 is 2.00 bits per heavy atom. The van der Waals surface area contributed by atoms with Crippen LogP contribution in [-0.2, 0) is 6.54 Å². The van der Waals surface area contributed by atoms with Crippen LogP contribution < -0.4 is 5.32 Å². The van der Waals surface area contributed by atoms with Crippen LogP contribution in [0.3, 0.4) is 0 Å². The molecule has 3 nitrogen and oxygen atoms in total. The number of carbonyl (C=O) groups is 1. The summed E-state index contributed by atoms with van der Waals surface area (Å²) in [5.74, 6) is -1.74. The van der Waals surface area contributed by atoms with Crippen molar-refractivity contribution in [3.63, 3.8) is 0 Å². The van der Waals surface area contributed by atoms with Crippen molar-refractivity contribution in [3.8, 4) is 0 Å². The van der Waals surface area contributed by atoms with Crippen molar-refractivity contribution < 1.29 is 13.6 Å². The van der Waals surface area contributed by atoms with Gasteiger partial charge >= 0.3 is 0 Å². The number of hydrogen-bond donors (Lipinski definition) is 2. The topological polar surface area (TPSA) is 44.9 Å². The number of aromatic amines is 1. The number of H-pyrrole nitrogens is 1. The monoisotopic (exact) mass is 300 g/mol. The molecular formula is C17H14F2N2O.